The van der Waals surface area contributed by atoms with Crippen LogP contribution in [0.1, 0.15) is 32.3 Å². The van der Waals surface area contributed by atoms with Gasteiger partial charge in [0, 0.05) is 30.7 Å². The van der Waals surface area contributed by atoms with Gasteiger partial charge in [-0.15, -0.1) is 0 Å². The van der Waals surface area contributed by atoms with Gasteiger partial charge in [0.15, 0.2) is 0 Å². The monoisotopic (exact) mass is 257 g/mol. The van der Waals surface area contributed by atoms with E-state index in [-0.39, 0.29) is 24.1 Å². The van der Waals surface area contributed by atoms with Crippen LogP contribution in [0, 0.1) is 17.0 Å². The van der Waals surface area contributed by atoms with E-state index in [4.69, 9.17) is 0 Å². The van der Waals surface area contributed by atoms with Crippen LogP contribution in [-0.2, 0) is 6.54 Å². The second-order valence-corrected chi connectivity index (χ2v) is 4.67. The predicted molar refractivity (Wildman–Crippen MR) is 68.2 cm³/mol. The lowest BCUT2D eigenvalue weighted by Gasteiger charge is -2.29. The fourth-order valence-corrected chi connectivity index (χ4v) is 1.93. The van der Waals surface area contributed by atoms with Crippen LogP contribution in [0.3, 0.4) is 0 Å². The molecule has 0 radical (unpaired) electrons. The molecule has 0 atom stereocenters. The normalized spacial score (nSPS) is 11.8. The SMILES string of the molecule is CCC(CC)(CO)CNCc1c(F)cccc1F. The Bertz CT molecular complexity index is 350. The van der Waals surface area contributed by atoms with Gasteiger partial charge in [-0.1, -0.05) is 19.9 Å². The van der Waals surface area contributed by atoms with Gasteiger partial charge in [-0.05, 0) is 25.0 Å². The molecule has 0 aliphatic heterocycles. The first-order valence-corrected chi connectivity index (χ1v) is 6.33. The molecule has 0 aliphatic carbocycles. The molecular formula is C14H21F2NO. The fraction of sp³-hybridized carbons (Fsp3) is 0.571. The predicted octanol–water partition coefficient (Wildman–Crippen LogP) is 2.85. The number of hydrogen-bond donors (Lipinski definition) is 2. The Kier molecular flexibility index (Phi) is 5.69. The summed E-state index contributed by atoms with van der Waals surface area (Å²) < 4.78 is 26.8. The molecule has 102 valence electrons. The standard InChI is InChI=1S/C14H21F2NO/c1-3-14(4-2,10-18)9-17-8-11-12(15)6-5-7-13(11)16/h5-7,17-18H,3-4,8-10H2,1-2H3. The second-order valence-electron chi connectivity index (χ2n) is 4.67. The van der Waals surface area contributed by atoms with E-state index in [2.05, 4.69) is 5.32 Å². The molecule has 0 unspecified atom stereocenters. The maximum Gasteiger partial charge on any atom is 0.130 e. The van der Waals surface area contributed by atoms with Gasteiger partial charge in [0.1, 0.15) is 11.6 Å². The highest BCUT2D eigenvalue weighted by Crippen LogP contribution is 2.24. The summed E-state index contributed by atoms with van der Waals surface area (Å²) in [7, 11) is 0. The molecule has 2 nitrogen and oxygen atoms in total. The summed E-state index contributed by atoms with van der Waals surface area (Å²) >= 11 is 0. The molecule has 0 saturated carbocycles. The summed E-state index contributed by atoms with van der Waals surface area (Å²) in [6.45, 7) is 4.77. The van der Waals surface area contributed by atoms with Crippen molar-refractivity contribution in [1.29, 1.82) is 0 Å². The lowest BCUT2D eigenvalue weighted by Crippen LogP contribution is -2.36. The molecule has 18 heavy (non-hydrogen) atoms. The molecule has 0 amide bonds. The molecular weight excluding hydrogens is 236 g/mol. The average molecular weight is 257 g/mol. The van der Waals surface area contributed by atoms with Crippen molar-refractivity contribution < 1.29 is 13.9 Å². The number of aliphatic hydroxyl groups is 1. The molecule has 1 rings (SSSR count). The Morgan fingerprint density at radius 1 is 1.17 bits per heavy atom. The number of benzene rings is 1. The maximum absolute atomic E-state index is 13.4. The lowest BCUT2D eigenvalue weighted by atomic mass is 9.83. The third-order valence-corrected chi connectivity index (χ3v) is 3.70. The highest BCUT2D eigenvalue weighted by atomic mass is 19.1. The Hall–Kier alpha value is -1.00. The molecule has 4 heteroatoms. The molecule has 2 N–H and O–H groups in total. The molecule has 1 aromatic carbocycles. The Morgan fingerprint density at radius 3 is 2.17 bits per heavy atom. The molecule has 1 aromatic rings. The molecule has 0 spiro atoms. The van der Waals surface area contributed by atoms with E-state index in [1.807, 2.05) is 13.8 Å². The summed E-state index contributed by atoms with van der Waals surface area (Å²) in [5.41, 5.74) is -0.154. The van der Waals surface area contributed by atoms with Crippen LogP contribution in [0.2, 0.25) is 0 Å². The van der Waals surface area contributed by atoms with Gasteiger partial charge in [-0.3, -0.25) is 0 Å². The molecule has 0 saturated heterocycles. The van der Waals surface area contributed by atoms with E-state index in [1.54, 1.807) is 0 Å². The summed E-state index contributed by atoms with van der Waals surface area (Å²) in [6.07, 6.45) is 1.65. The smallest absolute Gasteiger partial charge is 0.130 e. The van der Waals surface area contributed by atoms with Crippen molar-refractivity contribution in [2.75, 3.05) is 13.2 Å². The first-order valence-electron chi connectivity index (χ1n) is 6.33. The van der Waals surface area contributed by atoms with Crippen LogP contribution in [0.15, 0.2) is 18.2 Å². The van der Waals surface area contributed by atoms with E-state index in [0.717, 1.165) is 12.8 Å². The van der Waals surface area contributed by atoms with Gasteiger partial charge >= 0.3 is 0 Å². The molecule has 0 heterocycles. The minimum absolute atomic E-state index is 0.0524. The van der Waals surface area contributed by atoms with Crippen molar-refractivity contribution in [3.05, 3.63) is 35.4 Å². The van der Waals surface area contributed by atoms with Crippen LogP contribution < -0.4 is 5.32 Å². The van der Waals surface area contributed by atoms with Gasteiger partial charge in [-0.25, -0.2) is 8.78 Å². The van der Waals surface area contributed by atoms with Crippen molar-refractivity contribution in [2.45, 2.75) is 33.2 Å². The lowest BCUT2D eigenvalue weighted by molar-refractivity contribution is 0.113. The number of rotatable bonds is 7. The second kappa shape index (κ2) is 6.81. The van der Waals surface area contributed by atoms with E-state index in [0.29, 0.717) is 6.54 Å². The minimum atomic E-state index is -0.537. The molecule has 0 fully saturated rings. The van der Waals surface area contributed by atoms with Crippen LogP contribution in [-0.4, -0.2) is 18.3 Å². The summed E-state index contributed by atoms with van der Waals surface area (Å²) in [4.78, 5) is 0. The van der Waals surface area contributed by atoms with Crippen LogP contribution in [0.5, 0.6) is 0 Å². The quantitative estimate of drug-likeness (QED) is 0.787. The molecule has 0 aromatic heterocycles. The van der Waals surface area contributed by atoms with Crippen LogP contribution in [0.4, 0.5) is 8.78 Å². The third kappa shape index (κ3) is 3.50. The van der Waals surface area contributed by atoms with Crippen molar-refractivity contribution in [1.82, 2.24) is 5.32 Å². The van der Waals surface area contributed by atoms with Crippen LogP contribution >= 0.6 is 0 Å². The minimum Gasteiger partial charge on any atom is -0.396 e. The van der Waals surface area contributed by atoms with Crippen molar-refractivity contribution >= 4 is 0 Å². The van der Waals surface area contributed by atoms with Crippen molar-refractivity contribution in [3.63, 3.8) is 0 Å². The van der Waals surface area contributed by atoms with E-state index in [1.165, 1.54) is 18.2 Å². The third-order valence-electron chi connectivity index (χ3n) is 3.70. The Balaban J connectivity index is 2.61. The topological polar surface area (TPSA) is 32.3 Å². The van der Waals surface area contributed by atoms with Crippen LogP contribution in [0.25, 0.3) is 0 Å². The average Bonchev–Trinajstić information content (AvgIpc) is 2.38. The summed E-state index contributed by atoms with van der Waals surface area (Å²) in [6, 6.07) is 3.85. The highest BCUT2D eigenvalue weighted by Gasteiger charge is 2.24. The van der Waals surface area contributed by atoms with E-state index in [9.17, 15) is 13.9 Å². The van der Waals surface area contributed by atoms with E-state index < -0.39 is 11.6 Å². The number of nitrogens with one attached hydrogen (secondary N) is 1. The van der Waals surface area contributed by atoms with Gasteiger partial charge in [0.2, 0.25) is 0 Å². The number of hydrogen-bond acceptors (Lipinski definition) is 2. The van der Waals surface area contributed by atoms with Gasteiger partial charge in [0.25, 0.3) is 0 Å². The van der Waals surface area contributed by atoms with Crippen molar-refractivity contribution in [3.8, 4) is 0 Å². The number of halogens is 2. The van der Waals surface area contributed by atoms with Crippen molar-refractivity contribution in [2.24, 2.45) is 5.41 Å². The zero-order valence-electron chi connectivity index (χ0n) is 11.0. The van der Waals surface area contributed by atoms with E-state index >= 15 is 0 Å². The first-order chi connectivity index (χ1) is 8.58. The largest absolute Gasteiger partial charge is 0.396 e. The maximum atomic E-state index is 13.4. The first kappa shape index (κ1) is 15.1. The highest BCUT2D eigenvalue weighted by molar-refractivity contribution is 5.19. The molecule has 0 bridgehead atoms. The fourth-order valence-electron chi connectivity index (χ4n) is 1.93. The zero-order chi connectivity index (χ0) is 13.6. The Morgan fingerprint density at radius 2 is 1.72 bits per heavy atom. The zero-order valence-corrected chi connectivity index (χ0v) is 11.0. The summed E-state index contributed by atoms with van der Waals surface area (Å²) in [5, 5.41) is 12.4. The summed E-state index contributed by atoms with van der Waals surface area (Å²) in [5.74, 6) is -1.07. The van der Waals surface area contributed by atoms with Gasteiger partial charge in [-0.2, -0.15) is 0 Å². The number of aliphatic hydroxyl groups excluding tert-OH is 1. The molecule has 0 aliphatic rings. The van der Waals surface area contributed by atoms with Gasteiger partial charge < -0.3 is 10.4 Å². The van der Waals surface area contributed by atoms with Gasteiger partial charge in [0.05, 0.1) is 0 Å². The Labute approximate surface area is 107 Å².